The smallest absolute Gasteiger partial charge is 0.267 e. The van der Waals surface area contributed by atoms with E-state index in [4.69, 9.17) is 0 Å². The maximum atomic E-state index is 12.4. The molecule has 1 amide bonds. The number of aromatic amines is 2. The number of aliphatic hydroxyl groups excluding tert-OH is 1. The van der Waals surface area contributed by atoms with Crippen LogP contribution in [0.25, 0.3) is 0 Å². The van der Waals surface area contributed by atoms with E-state index >= 15 is 0 Å². The van der Waals surface area contributed by atoms with Crippen molar-refractivity contribution in [2.45, 2.75) is 38.7 Å². The van der Waals surface area contributed by atoms with Crippen LogP contribution in [-0.2, 0) is 17.6 Å². The number of rotatable bonds is 5. The SMILES string of the molecule is Cc1[nH][nH]c(=O)c1CC(=O)N1CCC([C@@H](O)Cc2ccccc2)CC1. The molecule has 0 bridgehead atoms. The topological polar surface area (TPSA) is 89.2 Å². The normalized spacial score (nSPS) is 16.8. The summed E-state index contributed by atoms with van der Waals surface area (Å²) in [6.07, 6.45) is 1.98. The average Bonchev–Trinajstić information content (AvgIpc) is 2.94. The van der Waals surface area contributed by atoms with E-state index in [1.807, 2.05) is 30.3 Å². The van der Waals surface area contributed by atoms with E-state index < -0.39 is 0 Å². The zero-order valence-electron chi connectivity index (χ0n) is 14.5. The van der Waals surface area contributed by atoms with E-state index in [0.29, 0.717) is 30.8 Å². The molecule has 3 rings (SSSR count). The summed E-state index contributed by atoms with van der Waals surface area (Å²) in [6, 6.07) is 9.98. The lowest BCUT2D eigenvalue weighted by molar-refractivity contribution is -0.132. The first-order valence-electron chi connectivity index (χ1n) is 8.80. The molecule has 1 fully saturated rings. The van der Waals surface area contributed by atoms with E-state index in [0.717, 1.165) is 18.4 Å². The molecule has 1 aromatic carbocycles. The van der Waals surface area contributed by atoms with Crippen molar-refractivity contribution in [3.63, 3.8) is 0 Å². The van der Waals surface area contributed by atoms with Crippen molar-refractivity contribution in [1.29, 1.82) is 0 Å². The number of hydrogen-bond donors (Lipinski definition) is 3. The van der Waals surface area contributed by atoms with Crippen LogP contribution in [0.5, 0.6) is 0 Å². The number of nitrogens with one attached hydrogen (secondary N) is 2. The van der Waals surface area contributed by atoms with Gasteiger partial charge in [-0.15, -0.1) is 0 Å². The minimum atomic E-state index is -0.380. The number of nitrogens with zero attached hydrogens (tertiary/aromatic N) is 1. The van der Waals surface area contributed by atoms with Crippen LogP contribution < -0.4 is 5.56 Å². The molecule has 0 aliphatic carbocycles. The number of amides is 1. The van der Waals surface area contributed by atoms with Gasteiger partial charge in [-0.3, -0.25) is 14.7 Å². The summed E-state index contributed by atoms with van der Waals surface area (Å²) < 4.78 is 0. The molecule has 3 N–H and O–H groups in total. The highest BCUT2D eigenvalue weighted by Crippen LogP contribution is 2.23. The zero-order chi connectivity index (χ0) is 17.8. The Bertz CT molecular complexity index is 758. The number of H-pyrrole nitrogens is 2. The number of aryl methyl sites for hydroxylation is 1. The lowest BCUT2D eigenvalue weighted by atomic mass is 9.88. The van der Waals surface area contributed by atoms with Crippen LogP contribution in [0.2, 0.25) is 0 Å². The Balaban J connectivity index is 1.51. The molecule has 1 atom stereocenters. The zero-order valence-corrected chi connectivity index (χ0v) is 14.5. The van der Waals surface area contributed by atoms with Gasteiger partial charge in [0.25, 0.3) is 5.56 Å². The highest BCUT2D eigenvalue weighted by Gasteiger charge is 2.28. The summed E-state index contributed by atoms with van der Waals surface area (Å²) in [5.74, 6) is 0.186. The second-order valence-electron chi connectivity index (χ2n) is 6.83. The van der Waals surface area contributed by atoms with E-state index in [1.54, 1.807) is 11.8 Å². The van der Waals surface area contributed by atoms with Gasteiger partial charge in [-0.2, -0.15) is 0 Å². The predicted octanol–water partition coefficient (Wildman–Crippen LogP) is 1.40. The molecule has 2 heterocycles. The molecular weight excluding hydrogens is 318 g/mol. The van der Waals surface area contributed by atoms with Gasteiger partial charge in [-0.1, -0.05) is 30.3 Å². The molecule has 134 valence electrons. The molecule has 0 saturated carbocycles. The Morgan fingerprint density at radius 3 is 2.52 bits per heavy atom. The van der Waals surface area contributed by atoms with E-state index in [9.17, 15) is 14.7 Å². The number of benzene rings is 1. The summed E-state index contributed by atoms with van der Waals surface area (Å²) in [4.78, 5) is 25.9. The lowest BCUT2D eigenvalue weighted by Crippen LogP contribution is -2.42. The first-order valence-corrected chi connectivity index (χ1v) is 8.80. The van der Waals surface area contributed by atoms with Crippen LogP contribution in [0.1, 0.15) is 29.7 Å². The van der Waals surface area contributed by atoms with Crippen molar-refractivity contribution in [2.75, 3.05) is 13.1 Å². The summed E-state index contributed by atoms with van der Waals surface area (Å²) in [6.45, 7) is 3.06. The molecule has 25 heavy (non-hydrogen) atoms. The van der Waals surface area contributed by atoms with Crippen LogP contribution in [0.4, 0.5) is 0 Å². The third kappa shape index (κ3) is 4.20. The Morgan fingerprint density at radius 2 is 1.92 bits per heavy atom. The second-order valence-corrected chi connectivity index (χ2v) is 6.83. The van der Waals surface area contributed by atoms with Crippen molar-refractivity contribution in [1.82, 2.24) is 15.1 Å². The third-order valence-electron chi connectivity index (χ3n) is 5.14. The third-order valence-corrected chi connectivity index (χ3v) is 5.14. The monoisotopic (exact) mass is 343 g/mol. The number of carbonyl (C=O) groups is 1. The van der Waals surface area contributed by atoms with Crippen LogP contribution in [0, 0.1) is 12.8 Å². The maximum absolute atomic E-state index is 12.4. The molecule has 6 nitrogen and oxygen atoms in total. The molecule has 1 aromatic heterocycles. The van der Waals surface area contributed by atoms with Gasteiger partial charge in [0.2, 0.25) is 5.91 Å². The number of likely N-dealkylation sites (tertiary alicyclic amines) is 1. The van der Waals surface area contributed by atoms with Crippen LogP contribution in [0.15, 0.2) is 35.1 Å². The molecule has 0 radical (unpaired) electrons. The fourth-order valence-electron chi connectivity index (χ4n) is 3.50. The number of aromatic nitrogens is 2. The van der Waals surface area contributed by atoms with Gasteiger partial charge >= 0.3 is 0 Å². The van der Waals surface area contributed by atoms with E-state index in [2.05, 4.69) is 10.2 Å². The average molecular weight is 343 g/mol. The summed E-state index contributed by atoms with van der Waals surface area (Å²) >= 11 is 0. The predicted molar refractivity (Wildman–Crippen MR) is 95.3 cm³/mol. The summed E-state index contributed by atoms with van der Waals surface area (Å²) in [5, 5.41) is 15.7. The molecule has 0 unspecified atom stereocenters. The number of carbonyl (C=O) groups excluding carboxylic acids is 1. The Hall–Kier alpha value is -2.34. The number of piperidine rings is 1. The standard InChI is InChI=1S/C19H25N3O3/c1-13-16(19(25)21-20-13)12-18(24)22-9-7-15(8-10-22)17(23)11-14-5-3-2-4-6-14/h2-6,15,17,23H,7-12H2,1H3,(H2,20,21,25)/t17-/m0/s1. The summed E-state index contributed by atoms with van der Waals surface area (Å²) in [7, 11) is 0. The van der Waals surface area contributed by atoms with Crippen molar-refractivity contribution in [2.24, 2.45) is 5.92 Å². The minimum Gasteiger partial charge on any atom is -0.392 e. The van der Waals surface area contributed by atoms with Gasteiger partial charge in [-0.05, 0) is 37.7 Å². The minimum absolute atomic E-state index is 0.0239. The Morgan fingerprint density at radius 1 is 1.24 bits per heavy atom. The van der Waals surface area contributed by atoms with Crippen LogP contribution >= 0.6 is 0 Å². The van der Waals surface area contributed by atoms with Gasteiger partial charge in [0.1, 0.15) is 0 Å². The molecule has 1 saturated heterocycles. The molecule has 0 spiro atoms. The molecule has 1 aliphatic rings. The van der Waals surface area contributed by atoms with Gasteiger partial charge in [-0.25, -0.2) is 0 Å². The van der Waals surface area contributed by atoms with Crippen molar-refractivity contribution < 1.29 is 9.90 Å². The van der Waals surface area contributed by atoms with Gasteiger partial charge in [0.05, 0.1) is 12.5 Å². The van der Waals surface area contributed by atoms with Gasteiger partial charge < -0.3 is 15.1 Å². The van der Waals surface area contributed by atoms with Crippen LogP contribution in [-0.4, -0.2) is 45.3 Å². The van der Waals surface area contributed by atoms with Crippen LogP contribution in [0.3, 0.4) is 0 Å². The maximum Gasteiger partial charge on any atom is 0.267 e. The Labute approximate surface area is 146 Å². The summed E-state index contributed by atoms with van der Waals surface area (Å²) in [5.41, 5.74) is 2.14. The van der Waals surface area contributed by atoms with Crippen molar-refractivity contribution in [3.05, 3.63) is 57.5 Å². The number of hydrogen-bond acceptors (Lipinski definition) is 3. The largest absolute Gasteiger partial charge is 0.392 e. The quantitative estimate of drug-likeness (QED) is 0.766. The van der Waals surface area contributed by atoms with E-state index in [1.165, 1.54) is 0 Å². The lowest BCUT2D eigenvalue weighted by Gasteiger charge is -2.34. The van der Waals surface area contributed by atoms with Gasteiger partial charge in [0.15, 0.2) is 0 Å². The highest BCUT2D eigenvalue weighted by molar-refractivity contribution is 5.79. The molecular formula is C19H25N3O3. The Kier molecular flexibility index (Phi) is 5.38. The first-order chi connectivity index (χ1) is 12.0. The van der Waals surface area contributed by atoms with E-state index in [-0.39, 0.29) is 29.9 Å². The van der Waals surface area contributed by atoms with Crippen molar-refractivity contribution >= 4 is 5.91 Å². The highest BCUT2D eigenvalue weighted by atomic mass is 16.3. The van der Waals surface area contributed by atoms with Gasteiger partial charge in [0, 0.05) is 24.3 Å². The first kappa shape index (κ1) is 17.5. The van der Waals surface area contributed by atoms with Crippen molar-refractivity contribution in [3.8, 4) is 0 Å². The fourth-order valence-corrected chi connectivity index (χ4v) is 3.50. The number of aliphatic hydroxyl groups is 1. The fraction of sp³-hybridized carbons (Fsp3) is 0.474. The molecule has 1 aliphatic heterocycles. The molecule has 2 aromatic rings. The molecule has 6 heteroatoms. The second kappa shape index (κ2) is 7.70.